The predicted octanol–water partition coefficient (Wildman–Crippen LogP) is 15.4. The molecule has 6 nitrogen and oxygen atoms in total. The van der Waals surface area contributed by atoms with Crippen molar-refractivity contribution in [3.05, 3.63) is 97.2 Å². The normalized spacial score (nSPS) is 12.9. The summed E-state index contributed by atoms with van der Waals surface area (Å²) in [6.07, 6.45) is 61.2. The van der Waals surface area contributed by atoms with Crippen LogP contribution in [0.2, 0.25) is 0 Å². The number of unbranched alkanes of at least 4 members (excludes halogenated alkanes) is 15. The van der Waals surface area contributed by atoms with Crippen molar-refractivity contribution in [1.29, 1.82) is 0 Å². The van der Waals surface area contributed by atoms with Crippen LogP contribution in [-0.2, 0) is 28.6 Å². The standard InChI is InChI=1S/C53H86O6/c1-4-7-10-13-16-19-22-23-24-25-26-27-28-29-32-34-37-40-43-46-52(55)58-49-50(59-53(56)47-44-41-38-35-31-21-18-15-12-9-6-3)48-57-51(54)45-42-39-36-33-30-20-17-14-11-8-5-2/h7,9-10,12,14,16-21,23-24,30,35,38,50H,4-6,8,11,13,15,22,25-29,31-34,36-37,39-49H2,1-3H3/b10-7-,12-9-,17-14-,19-16-,21-18-,24-23-,30-20-,38-35-. The van der Waals surface area contributed by atoms with Gasteiger partial charge >= 0.3 is 17.9 Å². The van der Waals surface area contributed by atoms with Crippen LogP contribution in [0.3, 0.4) is 0 Å². The van der Waals surface area contributed by atoms with Gasteiger partial charge in [0.25, 0.3) is 0 Å². The summed E-state index contributed by atoms with van der Waals surface area (Å²) in [5.41, 5.74) is 0. The fourth-order valence-corrected chi connectivity index (χ4v) is 6.04. The molecule has 0 saturated heterocycles. The Labute approximate surface area is 362 Å². The van der Waals surface area contributed by atoms with Gasteiger partial charge in [0.15, 0.2) is 6.10 Å². The Morgan fingerprint density at radius 3 is 1.20 bits per heavy atom. The van der Waals surface area contributed by atoms with Gasteiger partial charge in [-0.3, -0.25) is 14.4 Å². The molecule has 0 aliphatic carbocycles. The minimum Gasteiger partial charge on any atom is -0.462 e. The molecular formula is C53H86O6. The first kappa shape index (κ1) is 55.3. The summed E-state index contributed by atoms with van der Waals surface area (Å²) in [4.78, 5) is 37.7. The van der Waals surface area contributed by atoms with Gasteiger partial charge in [-0.2, -0.15) is 0 Å². The van der Waals surface area contributed by atoms with Gasteiger partial charge in [0.05, 0.1) is 0 Å². The highest BCUT2D eigenvalue weighted by molar-refractivity contribution is 5.71. The molecule has 0 aromatic carbocycles. The summed E-state index contributed by atoms with van der Waals surface area (Å²) < 4.78 is 16.6. The number of hydrogen-bond acceptors (Lipinski definition) is 6. The first-order chi connectivity index (χ1) is 29.0. The van der Waals surface area contributed by atoms with Crippen LogP contribution in [0, 0.1) is 0 Å². The summed E-state index contributed by atoms with van der Waals surface area (Å²) in [7, 11) is 0. The van der Waals surface area contributed by atoms with E-state index in [0.717, 1.165) is 96.3 Å². The number of hydrogen-bond donors (Lipinski definition) is 0. The number of esters is 3. The van der Waals surface area contributed by atoms with Gasteiger partial charge in [0.1, 0.15) is 13.2 Å². The second kappa shape index (κ2) is 47.0. The average Bonchev–Trinajstić information content (AvgIpc) is 3.23. The molecule has 1 unspecified atom stereocenters. The van der Waals surface area contributed by atoms with Crippen molar-refractivity contribution in [1.82, 2.24) is 0 Å². The molecule has 0 spiro atoms. The Kier molecular flexibility index (Phi) is 44.1. The molecule has 0 aliphatic rings. The Morgan fingerprint density at radius 1 is 0.373 bits per heavy atom. The van der Waals surface area contributed by atoms with Crippen molar-refractivity contribution >= 4 is 17.9 Å². The fraction of sp³-hybridized carbons (Fsp3) is 0.642. The summed E-state index contributed by atoms with van der Waals surface area (Å²) in [5.74, 6) is -1.01. The number of carbonyl (C=O) groups is 3. The molecule has 0 aliphatic heterocycles. The zero-order chi connectivity index (χ0) is 43.0. The Balaban J connectivity index is 4.41. The smallest absolute Gasteiger partial charge is 0.306 e. The third-order valence-electron chi connectivity index (χ3n) is 9.58. The van der Waals surface area contributed by atoms with Gasteiger partial charge in [0, 0.05) is 19.3 Å². The molecular weight excluding hydrogens is 733 g/mol. The van der Waals surface area contributed by atoms with E-state index in [-0.39, 0.29) is 37.5 Å². The monoisotopic (exact) mass is 819 g/mol. The lowest BCUT2D eigenvalue weighted by atomic mass is 10.1. The quantitative estimate of drug-likeness (QED) is 0.0201. The molecule has 59 heavy (non-hydrogen) atoms. The SMILES string of the molecule is CC/C=C\C/C=C\C/C=C\CCCCCCCCCCCC(=O)OCC(COC(=O)CCCCC/C=C\C=C/CCCC)OC(=O)CCC/C=C\C/C=C\C/C=C\CC. The van der Waals surface area contributed by atoms with Crippen molar-refractivity contribution in [2.24, 2.45) is 0 Å². The summed E-state index contributed by atoms with van der Waals surface area (Å²) in [5, 5.41) is 0. The van der Waals surface area contributed by atoms with Crippen LogP contribution in [0.15, 0.2) is 97.2 Å². The van der Waals surface area contributed by atoms with Gasteiger partial charge in [-0.15, -0.1) is 0 Å². The number of ether oxygens (including phenoxy) is 3. The minimum absolute atomic E-state index is 0.111. The van der Waals surface area contributed by atoms with E-state index in [2.05, 4.69) is 118 Å². The third-order valence-corrected chi connectivity index (χ3v) is 9.58. The van der Waals surface area contributed by atoms with E-state index >= 15 is 0 Å². The molecule has 0 heterocycles. The summed E-state index contributed by atoms with van der Waals surface area (Å²) in [6, 6.07) is 0. The van der Waals surface area contributed by atoms with Gasteiger partial charge in [-0.05, 0) is 96.3 Å². The van der Waals surface area contributed by atoms with Crippen LogP contribution in [0.5, 0.6) is 0 Å². The molecule has 0 amide bonds. The lowest BCUT2D eigenvalue weighted by Gasteiger charge is -2.18. The van der Waals surface area contributed by atoms with Crippen LogP contribution in [-0.4, -0.2) is 37.2 Å². The number of carbonyl (C=O) groups excluding carboxylic acids is 3. The highest BCUT2D eigenvalue weighted by Crippen LogP contribution is 2.13. The first-order valence-corrected chi connectivity index (χ1v) is 23.8. The molecule has 0 saturated carbocycles. The number of rotatable bonds is 41. The van der Waals surface area contributed by atoms with Gasteiger partial charge < -0.3 is 14.2 Å². The lowest BCUT2D eigenvalue weighted by Crippen LogP contribution is -2.30. The zero-order valence-corrected chi connectivity index (χ0v) is 38.0. The van der Waals surface area contributed by atoms with Crippen LogP contribution in [0.1, 0.15) is 201 Å². The van der Waals surface area contributed by atoms with E-state index in [1.54, 1.807) is 0 Å². The molecule has 0 aromatic rings. The van der Waals surface area contributed by atoms with Crippen LogP contribution in [0.4, 0.5) is 0 Å². The molecule has 334 valence electrons. The maximum Gasteiger partial charge on any atom is 0.306 e. The first-order valence-electron chi connectivity index (χ1n) is 23.8. The maximum atomic E-state index is 12.7. The van der Waals surface area contributed by atoms with E-state index in [1.165, 1.54) is 57.8 Å². The van der Waals surface area contributed by atoms with Gasteiger partial charge in [0.2, 0.25) is 0 Å². The largest absolute Gasteiger partial charge is 0.462 e. The van der Waals surface area contributed by atoms with Crippen molar-refractivity contribution in [2.45, 2.75) is 207 Å². The second-order valence-electron chi connectivity index (χ2n) is 15.3. The fourth-order valence-electron chi connectivity index (χ4n) is 6.04. The molecule has 0 aromatic heterocycles. The van der Waals surface area contributed by atoms with Crippen LogP contribution < -0.4 is 0 Å². The van der Waals surface area contributed by atoms with Crippen LogP contribution >= 0.6 is 0 Å². The summed E-state index contributed by atoms with van der Waals surface area (Å²) >= 11 is 0. The number of allylic oxidation sites excluding steroid dienone is 16. The molecule has 0 N–H and O–H groups in total. The molecule has 1 atom stereocenters. The molecule has 0 fully saturated rings. The van der Waals surface area contributed by atoms with E-state index in [1.807, 2.05) is 0 Å². The Morgan fingerprint density at radius 2 is 0.729 bits per heavy atom. The third kappa shape index (κ3) is 45.3. The molecule has 0 radical (unpaired) electrons. The van der Waals surface area contributed by atoms with Crippen molar-refractivity contribution < 1.29 is 28.6 Å². The van der Waals surface area contributed by atoms with E-state index in [4.69, 9.17) is 14.2 Å². The van der Waals surface area contributed by atoms with E-state index in [0.29, 0.717) is 19.3 Å². The highest BCUT2D eigenvalue weighted by atomic mass is 16.6. The topological polar surface area (TPSA) is 78.9 Å². The zero-order valence-electron chi connectivity index (χ0n) is 38.0. The van der Waals surface area contributed by atoms with Crippen molar-refractivity contribution in [2.75, 3.05) is 13.2 Å². The minimum atomic E-state index is -0.815. The Bertz CT molecular complexity index is 1220. The summed E-state index contributed by atoms with van der Waals surface area (Å²) in [6.45, 7) is 6.26. The molecule has 0 rings (SSSR count). The van der Waals surface area contributed by atoms with Gasteiger partial charge in [-0.1, -0.05) is 182 Å². The van der Waals surface area contributed by atoms with Crippen LogP contribution in [0.25, 0.3) is 0 Å². The maximum absolute atomic E-state index is 12.7. The highest BCUT2D eigenvalue weighted by Gasteiger charge is 2.19. The van der Waals surface area contributed by atoms with E-state index < -0.39 is 6.10 Å². The second-order valence-corrected chi connectivity index (χ2v) is 15.3. The van der Waals surface area contributed by atoms with Crippen molar-refractivity contribution in [3.8, 4) is 0 Å². The molecule has 0 bridgehead atoms. The van der Waals surface area contributed by atoms with E-state index in [9.17, 15) is 14.4 Å². The average molecular weight is 819 g/mol. The van der Waals surface area contributed by atoms with Gasteiger partial charge in [-0.25, -0.2) is 0 Å². The van der Waals surface area contributed by atoms with Crippen molar-refractivity contribution in [3.63, 3.8) is 0 Å². The lowest BCUT2D eigenvalue weighted by molar-refractivity contribution is -0.167. The predicted molar refractivity (Wildman–Crippen MR) is 251 cm³/mol. The Hall–Kier alpha value is -3.67. The molecule has 6 heteroatoms.